The molecule has 0 aromatic carbocycles. The van der Waals surface area contributed by atoms with Crippen molar-refractivity contribution in [1.82, 2.24) is 14.7 Å². The topological polar surface area (TPSA) is 159 Å². The van der Waals surface area contributed by atoms with E-state index in [0.29, 0.717) is 13.1 Å². The molecule has 0 bridgehead atoms. The Morgan fingerprint density at radius 1 is 0.897 bits per heavy atom. The first kappa shape index (κ1) is 26.2. The Balaban J connectivity index is 3.25. The molecule has 1 fully saturated rings. The molecule has 0 amide bonds. The minimum atomic E-state index is -3.42. The van der Waals surface area contributed by atoms with Gasteiger partial charge in [-0.05, 0) is 6.92 Å². The van der Waals surface area contributed by atoms with Crippen molar-refractivity contribution in [3.63, 3.8) is 0 Å². The molecule has 1 aliphatic rings. The summed E-state index contributed by atoms with van der Waals surface area (Å²) in [7, 11) is -6.83. The van der Waals surface area contributed by atoms with E-state index < -0.39 is 45.3 Å². The predicted molar refractivity (Wildman–Crippen MR) is 109 cm³/mol. The van der Waals surface area contributed by atoms with Gasteiger partial charge in [-0.25, -0.2) is 0 Å². The van der Waals surface area contributed by atoms with Crippen LogP contribution in [-0.2, 0) is 18.7 Å². The third-order valence-corrected chi connectivity index (χ3v) is 8.77. The molecule has 29 heavy (non-hydrogen) atoms. The molecule has 0 radical (unpaired) electrons. The summed E-state index contributed by atoms with van der Waals surface area (Å²) in [5.74, 6) is -2.39. The summed E-state index contributed by atoms with van der Waals surface area (Å²) >= 11 is 0. The van der Waals surface area contributed by atoms with Crippen LogP contribution < -0.4 is 0 Å². The average molecular weight is 457 g/mol. The van der Waals surface area contributed by atoms with Crippen LogP contribution in [0.2, 0.25) is 0 Å². The van der Waals surface area contributed by atoms with Gasteiger partial charge >= 0.3 is 11.9 Å². The summed E-state index contributed by atoms with van der Waals surface area (Å²) in [5.41, 5.74) is -1.02. The monoisotopic (exact) mass is 457 g/mol. The largest absolute Gasteiger partial charge is 0.480 e. The Bertz CT molecular complexity index is 637. The lowest BCUT2D eigenvalue weighted by atomic mass is 9.98. The second kappa shape index (κ2) is 10.5. The van der Waals surface area contributed by atoms with Crippen molar-refractivity contribution in [3.05, 3.63) is 0 Å². The zero-order chi connectivity index (χ0) is 22.5. The van der Waals surface area contributed by atoms with Crippen molar-refractivity contribution in [2.75, 3.05) is 64.2 Å². The zero-order valence-electron chi connectivity index (χ0n) is 17.2. The smallest absolute Gasteiger partial charge is 0.317 e. The lowest BCUT2D eigenvalue weighted by Gasteiger charge is -2.43. The summed E-state index contributed by atoms with van der Waals surface area (Å²) in [6.45, 7) is 4.86. The highest BCUT2D eigenvalue weighted by Crippen LogP contribution is 2.43. The van der Waals surface area contributed by atoms with Gasteiger partial charge in [0.1, 0.15) is 0 Å². The van der Waals surface area contributed by atoms with Crippen molar-refractivity contribution >= 4 is 26.7 Å². The molecule has 13 heteroatoms. The summed E-state index contributed by atoms with van der Waals surface area (Å²) in [6.07, 6.45) is -0.0455. The van der Waals surface area contributed by atoms with Gasteiger partial charge < -0.3 is 20.0 Å². The lowest BCUT2D eigenvalue weighted by Crippen LogP contribution is -2.59. The molecule has 0 saturated carbocycles. The molecular formula is C16H33N3O8P2. The maximum Gasteiger partial charge on any atom is 0.317 e. The van der Waals surface area contributed by atoms with E-state index in [0.717, 1.165) is 0 Å². The van der Waals surface area contributed by atoms with Crippen LogP contribution in [0.1, 0.15) is 20.8 Å². The predicted octanol–water partition coefficient (Wildman–Crippen LogP) is 0.330. The molecule has 0 aliphatic carbocycles. The van der Waals surface area contributed by atoms with E-state index in [4.69, 9.17) is 0 Å². The van der Waals surface area contributed by atoms with Gasteiger partial charge in [-0.1, -0.05) is 13.8 Å². The van der Waals surface area contributed by atoms with Gasteiger partial charge in [-0.2, -0.15) is 0 Å². The summed E-state index contributed by atoms with van der Waals surface area (Å²) in [4.78, 5) is 47.6. The summed E-state index contributed by atoms with van der Waals surface area (Å²) in [5, 5.41) is 18.5. The van der Waals surface area contributed by atoms with Crippen molar-refractivity contribution in [2.24, 2.45) is 0 Å². The van der Waals surface area contributed by atoms with Crippen LogP contribution in [0.15, 0.2) is 0 Å². The second-order valence-corrected chi connectivity index (χ2v) is 13.1. The van der Waals surface area contributed by atoms with Crippen LogP contribution in [0.4, 0.5) is 0 Å². The SMILES string of the molecule is CCP(=O)(O)CN1CCN(CP(=O)(O)CC)CC(C)(N(CC(=O)O)CC(=O)O)C1. The highest BCUT2D eigenvalue weighted by molar-refractivity contribution is 7.58. The number of hydrogen-bond donors (Lipinski definition) is 4. The van der Waals surface area contributed by atoms with Crippen LogP contribution in [0.3, 0.4) is 0 Å². The molecule has 2 atom stereocenters. The first-order valence-corrected chi connectivity index (χ1v) is 13.5. The fourth-order valence-electron chi connectivity index (χ4n) is 3.49. The van der Waals surface area contributed by atoms with E-state index in [2.05, 4.69) is 0 Å². The Kier molecular flexibility index (Phi) is 9.48. The van der Waals surface area contributed by atoms with Crippen LogP contribution in [0.25, 0.3) is 0 Å². The van der Waals surface area contributed by atoms with E-state index in [1.54, 1.807) is 30.6 Å². The van der Waals surface area contributed by atoms with Crippen molar-refractivity contribution in [3.8, 4) is 0 Å². The van der Waals surface area contributed by atoms with E-state index in [1.807, 2.05) is 0 Å². The molecular weight excluding hydrogens is 424 g/mol. The van der Waals surface area contributed by atoms with Gasteiger partial charge in [-0.3, -0.25) is 33.4 Å². The zero-order valence-corrected chi connectivity index (χ0v) is 19.0. The molecule has 0 aromatic rings. The third-order valence-electron chi connectivity index (χ3n) is 5.11. The number of carboxylic acids is 2. The molecule has 0 spiro atoms. The minimum Gasteiger partial charge on any atom is -0.480 e. The molecule has 1 saturated heterocycles. The van der Waals surface area contributed by atoms with E-state index >= 15 is 0 Å². The summed E-state index contributed by atoms with van der Waals surface area (Å²) < 4.78 is 24.5. The van der Waals surface area contributed by atoms with Crippen LogP contribution in [0, 0.1) is 0 Å². The number of rotatable bonds is 11. The average Bonchev–Trinajstić information content (AvgIpc) is 2.72. The van der Waals surface area contributed by atoms with Crippen LogP contribution in [-0.4, -0.2) is 116 Å². The van der Waals surface area contributed by atoms with Gasteiger partial charge in [0.15, 0.2) is 0 Å². The maximum atomic E-state index is 12.3. The van der Waals surface area contributed by atoms with E-state index in [1.165, 1.54) is 4.90 Å². The van der Waals surface area contributed by atoms with E-state index in [9.17, 15) is 38.7 Å². The van der Waals surface area contributed by atoms with Crippen LogP contribution >= 0.6 is 14.7 Å². The Labute approximate surface area is 171 Å². The Morgan fingerprint density at radius 2 is 1.24 bits per heavy atom. The molecule has 11 nitrogen and oxygen atoms in total. The molecule has 0 aromatic heterocycles. The highest BCUT2D eigenvalue weighted by Gasteiger charge is 2.41. The van der Waals surface area contributed by atoms with Crippen molar-refractivity contribution < 1.29 is 38.7 Å². The van der Waals surface area contributed by atoms with Crippen LogP contribution in [0.5, 0.6) is 0 Å². The summed E-state index contributed by atoms with van der Waals surface area (Å²) in [6, 6.07) is 0. The molecule has 1 heterocycles. The lowest BCUT2D eigenvalue weighted by molar-refractivity contribution is -0.145. The number of carbonyl (C=O) groups is 2. The number of carboxylic acid groups (broad SMARTS) is 2. The standard InChI is InChI=1S/C16H33N3O8P2/c1-4-28(24,25)12-17-6-7-18(13-29(26,27)5-2)11-16(3,10-17)19(8-14(20)21)9-15(22)23/h4-13H2,1-3H3,(H,20,21)(H,22,23)(H,24,25)(H,26,27). The van der Waals surface area contributed by atoms with E-state index in [-0.39, 0.29) is 38.0 Å². The van der Waals surface area contributed by atoms with Gasteiger partial charge in [-0.15, -0.1) is 0 Å². The van der Waals surface area contributed by atoms with Gasteiger partial charge in [0.2, 0.25) is 14.7 Å². The molecule has 170 valence electrons. The number of aliphatic carboxylic acids is 2. The molecule has 2 unspecified atom stereocenters. The Hall–Kier alpha value is -0.800. The normalized spacial score (nSPS) is 25.9. The Morgan fingerprint density at radius 3 is 1.52 bits per heavy atom. The third kappa shape index (κ3) is 8.84. The molecule has 4 N–H and O–H groups in total. The van der Waals surface area contributed by atoms with Gasteiger partial charge in [0.05, 0.1) is 25.7 Å². The first-order chi connectivity index (χ1) is 13.2. The molecule has 1 aliphatic heterocycles. The molecule has 1 rings (SSSR count). The van der Waals surface area contributed by atoms with Gasteiger partial charge in [0, 0.05) is 44.0 Å². The van der Waals surface area contributed by atoms with Crippen molar-refractivity contribution in [2.45, 2.75) is 26.3 Å². The van der Waals surface area contributed by atoms with Crippen molar-refractivity contribution in [1.29, 1.82) is 0 Å². The van der Waals surface area contributed by atoms with Gasteiger partial charge in [0.25, 0.3) is 0 Å². The minimum absolute atomic E-state index is 0.0829. The quantitative estimate of drug-likeness (QED) is 0.317. The fraction of sp³-hybridized carbons (Fsp3) is 0.875. The highest BCUT2D eigenvalue weighted by atomic mass is 31.2. The first-order valence-electron chi connectivity index (χ1n) is 9.47. The number of hydrogen-bond acceptors (Lipinski definition) is 7. The second-order valence-electron chi connectivity index (χ2n) is 7.85. The maximum absolute atomic E-state index is 12.3. The number of nitrogens with zero attached hydrogens (tertiary/aromatic N) is 3. The fourth-order valence-corrected chi connectivity index (χ4v) is 5.62.